The molecule has 0 aromatic heterocycles. The first kappa shape index (κ1) is 9.85. The zero-order chi connectivity index (χ0) is 9.10. The maximum absolute atomic E-state index is 3.85. The van der Waals surface area contributed by atoms with Gasteiger partial charge in [-0.2, -0.15) is 11.8 Å². The summed E-state index contributed by atoms with van der Waals surface area (Å²) in [5.74, 6) is 3.64. The number of rotatable bonds is 2. The average Bonchev–Trinajstić information content (AvgIpc) is 2.61. The van der Waals surface area contributed by atoms with E-state index in [1.54, 1.807) is 0 Å². The Labute approximate surface area is 86.0 Å². The Balaban J connectivity index is 1.78. The van der Waals surface area contributed by atoms with Crippen molar-refractivity contribution in [2.75, 3.05) is 11.5 Å². The molecular formula is C11H21NS. The van der Waals surface area contributed by atoms with Gasteiger partial charge in [0.25, 0.3) is 0 Å². The normalized spacial score (nSPS) is 40.8. The summed E-state index contributed by atoms with van der Waals surface area (Å²) < 4.78 is 0. The molecule has 1 aliphatic carbocycles. The van der Waals surface area contributed by atoms with Crippen molar-refractivity contribution in [3.05, 3.63) is 0 Å². The average molecular weight is 199 g/mol. The largest absolute Gasteiger partial charge is 0.310 e. The molecule has 1 heterocycles. The molecule has 2 heteroatoms. The van der Waals surface area contributed by atoms with Gasteiger partial charge in [0.2, 0.25) is 0 Å². The molecule has 3 unspecified atom stereocenters. The molecule has 1 N–H and O–H groups in total. The minimum Gasteiger partial charge on any atom is -0.310 e. The van der Waals surface area contributed by atoms with Crippen LogP contribution in [0.2, 0.25) is 0 Å². The molecule has 0 aromatic rings. The molecule has 0 radical (unpaired) electrons. The lowest BCUT2D eigenvalue weighted by Crippen LogP contribution is -2.43. The van der Waals surface area contributed by atoms with Gasteiger partial charge in [-0.25, -0.2) is 0 Å². The minimum absolute atomic E-state index is 0.829. The van der Waals surface area contributed by atoms with E-state index in [1.165, 1.54) is 43.6 Å². The second-order valence-electron chi connectivity index (χ2n) is 4.60. The third-order valence-corrected chi connectivity index (χ3v) is 4.65. The lowest BCUT2D eigenvalue weighted by Gasteiger charge is -2.31. The van der Waals surface area contributed by atoms with Gasteiger partial charge in [-0.3, -0.25) is 0 Å². The maximum atomic E-state index is 3.85. The van der Waals surface area contributed by atoms with Crippen LogP contribution in [0.1, 0.15) is 39.0 Å². The fourth-order valence-electron chi connectivity index (χ4n) is 2.53. The molecule has 2 rings (SSSR count). The lowest BCUT2D eigenvalue weighted by atomic mass is 9.85. The van der Waals surface area contributed by atoms with Crippen molar-refractivity contribution in [1.82, 2.24) is 5.32 Å². The number of thioether (sulfide) groups is 1. The summed E-state index contributed by atoms with van der Waals surface area (Å²) in [5.41, 5.74) is 0. The topological polar surface area (TPSA) is 12.0 Å². The van der Waals surface area contributed by atoms with Gasteiger partial charge in [-0.15, -0.1) is 0 Å². The van der Waals surface area contributed by atoms with Crippen molar-refractivity contribution in [2.45, 2.75) is 51.1 Å². The zero-order valence-corrected chi connectivity index (χ0v) is 9.41. The van der Waals surface area contributed by atoms with Gasteiger partial charge in [0.1, 0.15) is 0 Å². The molecule has 1 saturated carbocycles. The molecule has 76 valence electrons. The van der Waals surface area contributed by atoms with Crippen LogP contribution in [0.5, 0.6) is 0 Å². The van der Waals surface area contributed by atoms with Gasteiger partial charge in [0.05, 0.1) is 0 Å². The first-order valence-electron chi connectivity index (χ1n) is 5.70. The fraction of sp³-hybridized carbons (Fsp3) is 1.00. The maximum Gasteiger partial charge on any atom is 0.0168 e. The summed E-state index contributed by atoms with van der Waals surface area (Å²) in [6.45, 7) is 2.42. The summed E-state index contributed by atoms with van der Waals surface area (Å²) >= 11 is 2.11. The second kappa shape index (κ2) is 4.70. The summed E-state index contributed by atoms with van der Waals surface area (Å²) in [6.07, 6.45) is 7.16. The Morgan fingerprint density at radius 2 is 2.00 bits per heavy atom. The van der Waals surface area contributed by atoms with E-state index in [1.807, 2.05) is 0 Å². The van der Waals surface area contributed by atoms with Crippen LogP contribution < -0.4 is 5.32 Å². The van der Waals surface area contributed by atoms with Crippen molar-refractivity contribution in [3.63, 3.8) is 0 Å². The Morgan fingerprint density at radius 3 is 2.69 bits per heavy atom. The highest BCUT2D eigenvalue weighted by atomic mass is 32.2. The SMILES string of the molecule is CC1CCCCC1NC1CCSC1. The van der Waals surface area contributed by atoms with Gasteiger partial charge < -0.3 is 5.32 Å². The molecule has 1 aliphatic heterocycles. The van der Waals surface area contributed by atoms with Crippen LogP contribution in [0.25, 0.3) is 0 Å². The van der Waals surface area contributed by atoms with E-state index in [4.69, 9.17) is 0 Å². The zero-order valence-electron chi connectivity index (χ0n) is 8.59. The van der Waals surface area contributed by atoms with Gasteiger partial charge >= 0.3 is 0 Å². The predicted molar refractivity (Wildman–Crippen MR) is 60.3 cm³/mol. The van der Waals surface area contributed by atoms with Gasteiger partial charge in [0.15, 0.2) is 0 Å². The van der Waals surface area contributed by atoms with E-state index in [-0.39, 0.29) is 0 Å². The van der Waals surface area contributed by atoms with E-state index in [9.17, 15) is 0 Å². The monoisotopic (exact) mass is 199 g/mol. The van der Waals surface area contributed by atoms with Crippen LogP contribution in [0.15, 0.2) is 0 Å². The van der Waals surface area contributed by atoms with Crippen molar-refractivity contribution in [1.29, 1.82) is 0 Å². The third kappa shape index (κ3) is 2.63. The molecule has 1 saturated heterocycles. The fourth-order valence-corrected chi connectivity index (χ4v) is 3.70. The number of hydrogen-bond acceptors (Lipinski definition) is 2. The molecule has 1 nitrogen and oxygen atoms in total. The highest BCUT2D eigenvalue weighted by Gasteiger charge is 2.25. The van der Waals surface area contributed by atoms with Crippen LogP contribution in [0.3, 0.4) is 0 Å². The van der Waals surface area contributed by atoms with E-state index in [0.29, 0.717) is 0 Å². The van der Waals surface area contributed by atoms with Gasteiger partial charge in [-0.1, -0.05) is 19.8 Å². The number of hydrogen-bond donors (Lipinski definition) is 1. The van der Waals surface area contributed by atoms with E-state index in [0.717, 1.165) is 18.0 Å². The Kier molecular flexibility index (Phi) is 3.56. The summed E-state index contributed by atoms with van der Waals surface area (Å²) in [6, 6.07) is 1.66. The van der Waals surface area contributed by atoms with Crippen LogP contribution in [0, 0.1) is 5.92 Å². The first-order chi connectivity index (χ1) is 6.36. The molecule has 3 atom stereocenters. The molecule has 0 bridgehead atoms. The van der Waals surface area contributed by atoms with Crippen LogP contribution in [0.4, 0.5) is 0 Å². The van der Waals surface area contributed by atoms with E-state index >= 15 is 0 Å². The van der Waals surface area contributed by atoms with Gasteiger partial charge in [-0.05, 0) is 30.9 Å². The molecule has 2 fully saturated rings. The third-order valence-electron chi connectivity index (χ3n) is 3.49. The standard InChI is InChI=1S/C11H21NS/c1-9-4-2-3-5-11(9)12-10-6-7-13-8-10/h9-12H,2-8H2,1H3. The molecule has 13 heavy (non-hydrogen) atoms. The summed E-state index contributed by atoms with van der Waals surface area (Å²) in [4.78, 5) is 0. The molecule has 0 aromatic carbocycles. The predicted octanol–water partition coefficient (Wildman–Crippen LogP) is 2.66. The van der Waals surface area contributed by atoms with Crippen molar-refractivity contribution >= 4 is 11.8 Å². The van der Waals surface area contributed by atoms with E-state index < -0.39 is 0 Å². The van der Waals surface area contributed by atoms with Crippen molar-refractivity contribution < 1.29 is 0 Å². The molecule has 2 aliphatic rings. The molecule has 0 amide bonds. The first-order valence-corrected chi connectivity index (χ1v) is 6.85. The minimum atomic E-state index is 0.829. The van der Waals surface area contributed by atoms with Crippen LogP contribution >= 0.6 is 11.8 Å². The van der Waals surface area contributed by atoms with E-state index in [2.05, 4.69) is 24.0 Å². The Morgan fingerprint density at radius 1 is 1.15 bits per heavy atom. The van der Waals surface area contributed by atoms with Crippen LogP contribution in [-0.2, 0) is 0 Å². The quantitative estimate of drug-likeness (QED) is 0.734. The van der Waals surface area contributed by atoms with Crippen molar-refractivity contribution in [2.24, 2.45) is 5.92 Å². The second-order valence-corrected chi connectivity index (χ2v) is 5.75. The molecular weight excluding hydrogens is 178 g/mol. The highest BCUT2D eigenvalue weighted by Crippen LogP contribution is 2.26. The van der Waals surface area contributed by atoms with Crippen molar-refractivity contribution in [3.8, 4) is 0 Å². The smallest absolute Gasteiger partial charge is 0.0168 e. The summed E-state index contributed by atoms with van der Waals surface area (Å²) in [5, 5.41) is 3.85. The lowest BCUT2D eigenvalue weighted by molar-refractivity contribution is 0.264. The summed E-state index contributed by atoms with van der Waals surface area (Å²) in [7, 11) is 0. The highest BCUT2D eigenvalue weighted by molar-refractivity contribution is 7.99. The van der Waals surface area contributed by atoms with Crippen LogP contribution in [-0.4, -0.2) is 23.6 Å². The Bertz CT molecular complexity index is 154. The number of nitrogens with one attached hydrogen (secondary N) is 1. The molecule has 0 spiro atoms. The Hall–Kier alpha value is 0.310. The van der Waals surface area contributed by atoms with Gasteiger partial charge in [0, 0.05) is 17.8 Å².